The fourth-order valence-corrected chi connectivity index (χ4v) is 2.72. The average molecular weight is 204 g/mol. The molecule has 0 amide bonds. The van der Waals surface area contributed by atoms with Gasteiger partial charge in [-0.3, -0.25) is 0 Å². The first-order chi connectivity index (χ1) is 7.28. The molecule has 0 atom stereocenters. The van der Waals surface area contributed by atoms with E-state index in [-0.39, 0.29) is 0 Å². The molecule has 0 unspecified atom stereocenters. The Labute approximate surface area is 90.2 Å². The third-order valence-electron chi connectivity index (χ3n) is 3.78. The Hall–Kier alpha value is -1.18. The second-order valence-electron chi connectivity index (χ2n) is 4.84. The fraction of sp³-hybridized carbons (Fsp3) is 0.538. The number of hydrogen-bond donors (Lipinski definition) is 0. The third-order valence-corrected chi connectivity index (χ3v) is 3.78. The van der Waals surface area contributed by atoms with E-state index >= 15 is 0 Å². The highest BCUT2D eigenvalue weighted by molar-refractivity contribution is 5.46. The summed E-state index contributed by atoms with van der Waals surface area (Å²) in [5.41, 5.74) is 1.77. The van der Waals surface area contributed by atoms with Crippen LogP contribution in [0.4, 0.5) is 0 Å². The lowest BCUT2D eigenvalue weighted by Gasteiger charge is -2.24. The summed E-state index contributed by atoms with van der Waals surface area (Å²) < 4.78 is 10.7. The minimum absolute atomic E-state index is 0.362. The van der Waals surface area contributed by atoms with Crippen molar-refractivity contribution < 1.29 is 9.47 Å². The van der Waals surface area contributed by atoms with Crippen LogP contribution in [0.15, 0.2) is 18.2 Å². The van der Waals surface area contributed by atoms with E-state index in [4.69, 9.17) is 9.47 Å². The highest BCUT2D eigenvalue weighted by Crippen LogP contribution is 2.43. The molecule has 2 nitrogen and oxygen atoms in total. The number of hydrogen-bond acceptors (Lipinski definition) is 2. The van der Waals surface area contributed by atoms with Gasteiger partial charge in [0, 0.05) is 0 Å². The predicted molar refractivity (Wildman–Crippen MR) is 58.4 cm³/mol. The van der Waals surface area contributed by atoms with E-state index in [0.29, 0.717) is 12.2 Å². The van der Waals surface area contributed by atoms with Gasteiger partial charge < -0.3 is 9.47 Å². The Morgan fingerprint density at radius 1 is 1.07 bits per heavy atom. The summed E-state index contributed by atoms with van der Waals surface area (Å²) in [7, 11) is 0. The SMILES string of the molecule is CC1(c2ccc3c(c2)OCO3)CCCC1. The molecule has 0 N–H and O–H groups in total. The normalized spacial score (nSPS) is 21.9. The van der Waals surface area contributed by atoms with Crippen molar-refractivity contribution in [3.63, 3.8) is 0 Å². The van der Waals surface area contributed by atoms with Crippen molar-refractivity contribution in [3.05, 3.63) is 23.8 Å². The summed E-state index contributed by atoms with van der Waals surface area (Å²) in [5.74, 6) is 1.81. The van der Waals surface area contributed by atoms with Crippen LogP contribution >= 0.6 is 0 Å². The van der Waals surface area contributed by atoms with Crippen molar-refractivity contribution >= 4 is 0 Å². The van der Waals surface area contributed by atoms with Crippen molar-refractivity contribution in [1.29, 1.82) is 0 Å². The molecular formula is C13H16O2. The first kappa shape index (κ1) is 9.08. The maximum absolute atomic E-state index is 5.42. The monoisotopic (exact) mass is 204 g/mol. The molecule has 1 aromatic carbocycles. The van der Waals surface area contributed by atoms with Crippen LogP contribution < -0.4 is 9.47 Å². The van der Waals surface area contributed by atoms with Crippen LogP contribution in [0.25, 0.3) is 0 Å². The minimum Gasteiger partial charge on any atom is -0.454 e. The lowest BCUT2D eigenvalue weighted by molar-refractivity contribution is 0.174. The first-order valence-corrected chi connectivity index (χ1v) is 5.68. The maximum Gasteiger partial charge on any atom is 0.231 e. The number of rotatable bonds is 1. The van der Waals surface area contributed by atoms with Gasteiger partial charge in [0.15, 0.2) is 11.5 Å². The summed E-state index contributed by atoms with van der Waals surface area (Å²) >= 11 is 0. The van der Waals surface area contributed by atoms with Crippen LogP contribution in [-0.4, -0.2) is 6.79 Å². The van der Waals surface area contributed by atoms with Gasteiger partial charge in [-0.15, -0.1) is 0 Å². The molecule has 0 aromatic heterocycles. The standard InChI is InChI=1S/C13H16O2/c1-13(6-2-3-7-13)10-4-5-11-12(8-10)15-9-14-11/h4-5,8H,2-3,6-7,9H2,1H3. The van der Waals surface area contributed by atoms with Crippen LogP contribution in [0, 0.1) is 0 Å². The maximum atomic E-state index is 5.42. The molecule has 1 aliphatic carbocycles. The highest BCUT2D eigenvalue weighted by atomic mass is 16.7. The second-order valence-corrected chi connectivity index (χ2v) is 4.84. The zero-order valence-corrected chi connectivity index (χ0v) is 9.08. The van der Waals surface area contributed by atoms with Crippen LogP contribution in [-0.2, 0) is 5.41 Å². The number of ether oxygens (including phenoxy) is 2. The van der Waals surface area contributed by atoms with Crippen molar-refractivity contribution in [3.8, 4) is 11.5 Å². The smallest absolute Gasteiger partial charge is 0.231 e. The Bertz CT molecular complexity index is 378. The van der Waals surface area contributed by atoms with Crippen molar-refractivity contribution in [2.45, 2.75) is 38.0 Å². The molecule has 3 rings (SSSR count). The van der Waals surface area contributed by atoms with Gasteiger partial charge in [0.2, 0.25) is 6.79 Å². The molecule has 0 spiro atoms. The second kappa shape index (κ2) is 3.16. The zero-order valence-electron chi connectivity index (χ0n) is 9.08. The topological polar surface area (TPSA) is 18.5 Å². The van der Waals surface area contributed by atoms with Gasteiger partial charge in [-0.2, -0.15) is 0 Å². The molecule has 80 valence electrons. The third kappa shape index (κ3) is 1.39. The van der Waals surface area contributed by atoms with Crippen LogP contribution in [0.1, 0.15) is 38.2 Å². The van der Waals surface area contributed by atoms with Crippen LogP contribution in [0.3, 0.4) is 0 Å². The van der Waals surface area contributed by atoms with E-state index in [1.54, 1.807) is 0 Å². The molecule has 1 aromatic rings. The van der Waals surface area contributed by atoms with Crippen molar-refractivity contribution in [2.75, 3.05) is 6.79 Å². The molecule has 0 radical (unpaired) electrons. The van der Waals surface area contributed by atoms with Crippen molar-refractivity contribution in [1.82, 2.24) is 0 Å². The molecule has 15 heavy (non-hydrogen) atoms. The predicted octanol–water partition coefficient (Wildman–Crippen LogP) is 3.25. The highest BCUT2D eigenvalue weighted by Gasteiger charge is 2.31. The molecule has 2 aliphatic rings. The summed E-state index contributed by atoms with van der Waals surface area (Å²) in [6.45, 7) is 2.73. The Balaban J connectivity index is 1.98. The summed E-state index contributed by atoms with van der Waals surface area (Å²) in [5, 5.41) is 0. The molecule has 1 saturated carbocycles. The Morgan fingerprint density at radius 2 is 1.80 bits per heavy atom. The van der Waals surface area contributed by atoms with Crippen LogP contribution in [0.5, 0.6) is 11.5 Å². The molecule has 1 aliphatic heterocycles. The van der Waals surface area contributed by atoms with Crippen molar-refractivity contribution in [2.24, 2.45) is 0 Å². The largest absolute Gasteiger partial charge is 0.454 e. The summed E-state index contributed by atoms with van der Waals surface area (Å²) in [4.78, 5) is 0. The van der Waals surface area contributed by atoms with E-state index in [0.717, 1.165) is 11.5 Å². The lowest BCUT2D eigenvalue weighted by atomic mass is 9.81. The molecule has 2 heteroatoms. The van der Waals surface area contributed by atoms with Gasteiger partial charge in [-0.05, 0) is 36.0 Å². The van der Waals surface area contributed by atoms with Gasteiger partial charge in [0.05, 0.1) is 0 Å². The minimum atomic E-state index is 0.362. The number of benzene rings is 1. The Kier molecular flexibility index (Phi) is 1.91. The van der Waals surface area contributed by atoms with Gasteiger partial charge in [0.25, 0.3) is 0 Å². The number of fused-ring (bicyclic) bond motifs is 1. The summed E-state index contributed by atoms with van der Waals surface area (Å²) in [6, 6.07) is 6.40. The average Bonchev–Trinajstić information content (AvgIpc) is 2.85. The van der Waals surface area contributed by atoms with Gasteiger partial charge >= 0.3 is 0 Å². The molecule has 0 saturated heterocycles. The summed E-state index contributed by atoms with van der Waals surface area (Å²) in [6.07, 6.45) is 5.30. The molecule has 1 heterocycles. The first-order valence-electron chi connectivity index (χ1n) is 5.68. The van der Waals surface area contributed by atoms with E-state index in [9.17, 15) is 0 Å². The van der Waals surface area contributed by atoms with Gasteiger partial charge in [-0.25, -0.2) is 0 Å². The Morgan fingerprint density at radius 3 is 2.60 bits per heavy atom. The quantitative estimate of drug-likeness (QED) is 0.699. The lowest BCUT2D eigenvalue weighted by Crippen LogP contribution is -2.16. The molecular weight excluding hydrogens is 188 g/mol. The van der Waals surface area contributed by atoms with E-state index in [2.05, 4.69) is 19.1 Å². The molecule has 0 bridgehead atoms. The van der Waals surface area contributed by atoms with E-state index < -0.39 is 0 Å². The van der Waals surface area contributed by atoms with Gasteiger partial charge in [0.1, 0.15) is 0 Å². The van der Waals surface area contributed by atoms with E-state index in [1.807, 2.05) is 6.07 Å². The van der Waals surface area contributed by atoms with E-state index in [1.165, 1.54) is 31.2 Å². The molecule has 1 fully saturated rings. The van der Waals surface area contributed by atoms with Crippen LogP contribution in [0.2, 0.25) is 0 Å². The fourth-order valence-electron chi connectivity index (χ4n) is 2.72. The zero-order chi connectivity index (χ0) is 10.3. The van der Waals surface area contributed by atoms with Gasteiger partial charge in [-0.1, -0.05) is 25.8 Å².